The number of aromatic nitrogens is 5. The first-order chi connectivity index (χ1) is 11.7. The average Bonchev–Trinajstić information content (AvgIpc) is 3.11. The minimum Gasteiger partial charge on any atom is -0.315 e. The normalized spacial score (nSPS) is 11.4. The van der Waals surface area contributed by atoms with E-state index in [4.69, 9.17) is 0 Å². The summed E-state index contributed by atoms with van der Waals surface area (Å²) in [6, 6.07) is 6.91. The Hall–Kier alpha value is -3.22. The van der Waals surface area contributed by atoms with Gasteiger partial charge in [-0.05, 0) is 24.6 Å². The van der Waals surface area contributed by atoms with Crippen LogP contribution in [0.25, 0.3) is 27.6 Å². The third kappa shape index (κ3) is 2.13. The van der Waals surface area contributed by atoms with E-state index in [0.717, 1.165) is 6.42 Å². The van der Waals surface area contributed by atoms with Crippen LogP contribution in [0.2, 0.25) is 0 Å². The van der Waals surface area contributed by atoms with Crippen LogP contribution in [0.1, 0.15) is 13.3 Å². The lowest BCUT2D eigenvalue weighted by atomic mass is 10.2. The first-order valence-electron chi connectivity index (χ1n) is 7.74. The van der Waals surface area contributed by atoms with Crippen molar-refractivity contribution in [1.82, 2.24) is 24.3 Å². The number of fused-ring (bicyclic) bond motifs is 2. The molecule has 0 saturated carbocycles. The summed E-state index contributed by atoms with van der Waals surface area (Å²) in [7, 11) is 0. The second kappa shape index (κ2) is 5.45. The van der Waals surface area contributed by atoms with Crippen LogP contribution in [0.3, 0.4) is 0 Å². The van der Waals surface area contributed by atoms with Crippen LogP contribution < -0.4 is 11.1 Å². The maximum absolute atomic E-state index is 12.8. The van der Waals surface area contributed by atoms with Crippen molar-refractivity contribution in [2.24, 2.45) is 0 Å². The van der Waals surface area contributed by atoms with E-state index in [1.807, 2.05) is 13.0 Å². The van der Waals surface area contributed by atoms with E-state index >= 15 is 0 Å². The van der Waals surface area contributed by atoms with Gasteiger partial charge in [0.1, 0.15) is 5.82 Å². The molecule has 0 radical (unpaired) electrons. The summed E-state index contributed by atoms with van der Waals surface area (Å²) < 4.78 is 3.10. The van der Waals surface area contributed by atoms with Crippen LogP contribution >= 0.6 is 0 Å². The summed E-state index contributed by atoms with van der Waals surface area (Å²) in [6.07, 6.45) is 5.83. The number of pyridine rings is 3. The highest BCUT2D eigenvalue weighted by atomic mass is 16.1. The molecule has 0 saturated heterocycles. The van der Waals surface area contributed by atoms with Gasteiger partial charge in [-0.1, -0.05) is 6.92 Å². The zero-order chi connectivity index (χ0) is 16.7. The molecule has 0 spiro atoms. The Bertz CT molecular complexity index is 1160. The fourth-order valence-corrected chi connectivity index (χ4v) is 2.85. The molecule has 7 heteroatoms. The van der Waals surface area contributed by atoms with Gasteiger partial charge in [-0.3, -0.25) is 19.3 Å². The van der Waals surface area contributed by atoms with Gasteiger partial charge in [-0.15, -0.1) is 0 Å². The van der Waals surface area contributed by atoms with Crippen molar-refractivity contribution in [2.45, 2.75) is 19.9 Å². The van der Waals surface area contributed by atoms with Gasteiger partial charge in [0.05, 0.1) is 28.0 Å². The molecule has 0 atom stereocenters. The van der Waals surface area contributed by atoms with Crippen molar-refractivity contribution < 1.29 is 0 Å². The van der Waals surface area contributed by atoms with Crippen molar-refractivity contribution in [2.75, 3.05) is 0 Å². The lowest BCUT2D eigenvalue weighted by molar-refractivity contribution is 0.659. The fourth-order valence-electron chi connectivity index (χ4n) is 2.85. The van der Waals surface area contributed by atoms with Crippen molar-refractivity contribution >= 4 is 21.8 Å². The molecule has 0 fully saturated rings. The fraction of sp³-hybridized carbons (Fsp3) is 0.176. The van der Waals surface area contributed by atoms with Gasteiger partial charge in [-0.2, -0.15) is 5.10 Å². The smallest absolute Gasteiger partial charge is 0.265 e. The molecule has 1 N–H and O–H groups in total. The zero-order valence-electron chi connectivity index (χ0n) is 13.1. The molecule has 4 heterocycles. The van der Waals surface area contributed by atoms with Crippen molar-refractivity contribution in [3.05, 3.63) is 63.6 Å². The number of nitrogens with one attached hydrogen (secondary N) is 1. The van der Waals surface area contributed by atoms with Gasteiger partial charge >= 0.3 is 0 Å². The molecule has 120 valence electrons. The second-order valence-electron chi connectivity index (χ2n) is 5.60. The lowest BCUT2D eigenvalue weighted by Gasteiger charge is -2.08. The van der Waals surface area contributed by atoms with Gasteiger partial charge < -0.3 is 4.57 Å². The van der Waals surface area contributed by atoms with Crippen molar-refractivity contribution in [3.63, 3.8) is 0 Å². The van der Waals surface area contributed by atoms with E-state index in [-0.39, 0.29) is 11.1 Å². The Kier molecular flexibility index (Phi) is 3.26. The topological polar surface area (TPSA) is 85.6 Å². The molecule has 4 rings (SSSR count). The first-order valence-corrected chi connectivity index (χ1v) is 7.74. The molecule has 0 aliphatic heterocycles. The highest BCUT2D eigenvalue weighted by Gasteiger charge is 2.10. The number of aromatic amines is 1. The van der Waals surface area contributed by atoms with Crippen molar-refractivity contribution in [1.29, 1.82) is 0 Å². The van der Waals surface area contributed by atoms with E-state index in [9.17, 15) is 9.59 Å². The van der Waals surface area contributed by atoms with E-state index in [2.05, 4.69) is 15.2 Å². The monoisotopic (exact) mass is 321 g/mol. The SMILES string of the molecule is CCCn1ccc2nc3ccn(-c4ccn[nH]4)c(=O)c3cc2c1=O. The maximum atomic E-state index is 12.8. The predicted octanol–water partition coefficient (Wildman–Crippen LogP) is 1.83. The predicted molar refractivity (Wildman–Crippen MR) is 91.5 cm³/mol. The van der Waals surface area contributed by atoms with Gasteiger partial charge in [-0.25, -0.2) is 4.98 Å². The third-order valence-electron chi connectivity index (χ3n) is 4.03. The maximum Gasteiger partial charge on any atom is 0.265 e. The lowest BCUT2D eigenvalue weighted by Crippen LogP contribution is -2.21. The first kappa shape index (κ1) is 14.4. The summed E-state index contributed by atoms with van der Waals surface area (Å²) in [5.74, 6) is 0.568. The van der Waals surface area contributed by atoms with Crippen molar-refractivity contribution in [3.8, 4) is 5.82 Å². The van der Waals surface area contributed by atoms with E-state index in [0.29, 0.717) is 34.2 Å². The Morgan fingerprint density at radius 3 is 2.50 bits per heavy atom. The Morgan fingerprint density at radius 2 is 1.79 bits per heavy atom. The number of nitrogens with zero attached hydrogens (tertiary/aromatic N) is 4. The summed E-state index contributed by atoms with van der Waals surface area (Å²) in [6.45, 7) is 2.65. The molecule has 0 unspecified atom stereocenters. The molecule has 0 aromatic carbocycles. The minimum atomic E-state index is -0.239. The Morgan fingerprint density at radius 1 is 1.04 bits per heavy atom. The number of aryl methyl sites for hydroxylation is 1. The zero-order valence-corrected chi connectivity index (χ0v) is 13.1. The van der Waals surface area contributed by atoms with Crippen LogP contribution in [0.4, 0.5) is 0 Å². The van der Waals surface area contributed by atoms with Crippen LogP contribution in [0.5, 0.6) is 0 Å². The van der Waals surface area contributed by atoms with Crippen LogP contribution in [0, 0.1) is 0 Å². The van der Waals surface area contributed by atoms with Gasteiger partial charge in [0.15, 0.2) is 0 Å². The highest BCUT2D eigenvalue weighted by Crippen LogP contribution is 2.15. The van der Waals surface area contributed by atoms with Gasteiger partial charge in [0.25, 0.3) is 11.1 Å². The summed E-state index contributed by atoms with van der Waals surface area (Å²) in [5.41, 5.74) is 0.797. The quantitative estimate of drug-likeness (QED) is 0.583. The van der Waals surface area contributed by atoms with Gasteiger partial charge in [0.2, 0.25) is 0 Å². The number of rotatable bonds is 3. The number of H-pyrrole nitrogens is 1. The summed E-state index contributed by atoms with van der Waals surface area (Å²) >= 11 is 0. The number of hydrogen-bond donors (Lipinski definition) is 1. The second-order valence-corrected chi connectivity index (χ2v) is 5.60. The molecule has 7 nitrogen and oxygen atoms in total. The molecule has 0 aliphatic carbocycles. The Labute approximate surface area is 136 Å². The van der Waals surface area contributed by atoms with Crippen LogP contribution in [-0.4, -0.2) is 24.3 Å². The average molecular weight is 321 g/mol. The molecule has 4 aromatic rings. The standard InChI is InChI=1S/C17H15N5O2/c1-2-7-21-8-4-13-11(16(21)23)10-12-14(19-13)5-9-22(17(12)24)15-3-6-18-20-15/h3-6,8-10H,2,7H2,1H3,(H,18,20). The molecule has 0 bridgehead atoms. The molecule has 24 heavy (non-hydrogen) atoms. The molecular formula is C17H15N5O2. The minimum absolute atomic E-state index is 0.125. The molecule has 4 aromatic heterocycles. The van der Waals surface area contributed by atoms with E-state index in [1.54, 1.807) is 41.4 Å². The molecule has 0 amide bonds. The van der Waals surface area contributed by atoms with Crippen LogP contribution in [0.15, 0.2) is 52.4 Å². The van der Waals surface area contributed by atoms with Crippen LogP contribution in [-0.2, 0) is 6.54 Å². The summed E-state index contributed by atoms with van der Waals surface area (Å²) in [4.78, 5) is 29.8. The highest BCUT2D eigenvalue weighted by molar-refractivity contribution is 5.91. The summed E-state index contributed by atoms with van der Waals surface area (Å²) in [5, 5.41) is 7.49. The van der Waals surface area contributed by atoms with E-state index in [1.165, 1.54) is 4.57 Å². The van der Waals surface area contributed by atoms with E-state index < -0.39 is 0 Å². The third-order valence-corrected chi connectivity index (χ3v) is 4.03. The van der Waals surface area contributed by atoms with Gasteiger partial charge in [0, 0.05) is 25.0 Å². The number of hydrogen-bond acceptors (Lipinski definition) is 4. The largest absolute Gasteiger partial charge is 0.315 e. The molecular weight excluding hydrogens is 306 g/mol. The molecule has 0 aliphatic rings. The Balaban J connectivity index is 2.04.